The van der Waals surface area contributed by atoms with E-state index in [-0.39, 0.29) is 11.4 Å². The molecule has 1 amide bonds. The first-order chi connectivity index (χ1) is 15.2. The Morgan fingerprint density at radius 2 is 1.59 bits per heavy atom. The molecule has 0 spiro atoms. The topological polar surface area (TPSA) is 75.7 Å². The number of hydrogen-bond donors (Lipinski definition) is 1. The summed E-state index contributed by atoms with van der Waals surface area (Å²) >= 11 is 0. The van der Waals surface area contributed by atoms with Gasteiger partial charge in [-0.3, -0.25) is 9.10 Å². The number of anilines is 2. The standard InChI is InChI=1S/C25H28N2O4S/c1-18(2)20-11-13-21(14-12-20)27(32(29,30)22-15-9-19(3)10-16-22)17-25(28)26-23-7-5-6-8-24(23)31-4/h5-16,18H,17H2,1-4H3,(H,26,28). The van der Waals surface area contributed by atoms with Crippen molar-refractivity contribution in [1.29, 1.82) is 0 Å². The maximum Gasteiger partial charge on any atom is 0.264 e. The van der Waals surface area contributed by atoms with Crippen LogP contribution >= 0.6 is 0 Å². The minimum Gasteiger partial charge on any atom is -0.495 e. The van der Waals surface area contributed by atoms with Gasteiger partial charge < -0.3 is 10.1 Å². The molecule has 0 bridgehead atoms. The van der Waals surface area contributed by atoms with E-state index in [9.17, 15) is 13.2 Å². The smallest absolute Gasteiger partial charge is 0.264 e. The van der Waals surface area contributed by atoms with Crippen LogP contribution in [0.4, 0.5) is 11.4 Å². The lowest BCUT2D eigenvalue weighted by molar-refractivity contribution is -0.114. The van der Waals surface area contributed by atoms with E-state index in [0.29, 0.717) is 23.0 Å². The van der Waals surface area contributed by atoms with Crippen LogP contribution in [0.3, 0.4) is 0 Å². The highest BCUT2D eigenvalue weighted by Gasteiger charge is 2.27. The van der Waals surface area contributed by atoms with E-state index in [0.717, 1.165) is 15.4 Å². The number of ether oxygens (including phenoxy) is 1. The summed E-state index contributed by atoms with van der Waals surface area (Å²) in [6, 6.07) is 20.8. The number of methoxy groups -OCH3 is 1. The number of nitrogens with zero attached hydrogens (tertiary/aromatic N) is 1. The second-order valence-corrected chi connectivity index (χ2v) is 9.68. The van der Waals surface area contributed by atoms with Gasteiger partial charge in [0.1, 0.15) is 12.3 Å². The van der Waals surface area contributed by atoms with E-state index in [1.54, 1.807) is 60.7 Å². The molecule has 0 unspecified atom stereocenters. The van der Waals surface area contributed by atoms with Crippen molar-refractivity contribution < 1.29 is 17.9 Å². The van der Waals surface area contributed by atoms with Crippen LogP contribution in [0.1, 0.15) is 30.9 Å². The number of rotatable bonds is 8. The lowest BCUT2D eigenvalue weighted by Gasteiger charge is -2.25. The van der Waals surface area contributed by atoms with Gasteiger partial charge >= 0.3 is 0 Å². The minimum atomic E-state index is -3.97. The largest absolute Gasteiger partial charge is 0.495 e. The minimum absolute atomic E-state index is 0.126. The summed E-state index contributed by atoms with van der Waals surface area (Å²) in [5, 5.41) is 2.75. The van der Waals surface area contributed by atoms with Crippen molar-refractivity contribution in [1.82, 2.24) is 0 Å². The molecular formula is C25H28N2O4S. The number of nitrogens with one attached hydrogen (secondary N) is 1. The third-order valence-corrected chi connectivity index (χ3v) is 6.91. The monoisotopic (exact) mass is 452 g/mol. The van der Waals surface area contributed by atoms with Gasteiger partial charge in [-0.15, -0.1) is 0 Å². The van der Waals surface area contributed by atoms with Crippen molar-refractivity contribution in [3.8, 4) is 5.75 Å². The first kappa shape index (κ1) is 23.3. The predicted molar refractivity (Wildman–Crippen MR) is 128 cm³/mol. The maximum absolute atomic E-state index is 13.5. The summed E-state index contributed by atoms with van der Waals surface area (Å²) in [7, 11) is -2.46. The Bertz CT molecular complexity index is 1170. The van der Waals surface area contributed by atoms with E-state index in [2.05, 4.69) is 19.2 Å². The van der Waals surface area contributed by atoms with Crippen molar-refractivity contribution in [2.45, 2.75) is 31.6 Å². The van der Waals surface area contributed by atoms with Crippen LogP contribution in [0.5, 0.6) is 5.75 Å². The van der Waals surface area contributed by atoms with E-state index < -0.39 is 15.9 Å². The van der Waals surface area contributed by atoms with Gasteiger partial charge in [0, 0.05) is 0 Å². The van der Waals surface area contributed by atoms with Crippen LogP contribution in [0, 0.1) is 6.92 Å². The number of sulfonamides is 1. The van der Waals surface area contributed by atoms with Gasteiger partial charge in [0.05, 0.1) is 23.4 Å². The second-order valence-electron chi connectivity index (χ2n) is 7.82. The zero-order chi connectivity index (χ0) is 23.3. The highest BCUT2D eigenvalue weighted by Crippen LogP contribution is 2.27. The van der Waals surface area contributed by atoms with Crippen molar-refractivity contribution in [2.24, 2.45) is 0 Å². The lowest BCUT2D eigenvalue weighted by atomic mass is 10.0. The fourth-order valence-corrected chi connectivity index (χ4v) is 4.67. The molecule has 6 nitrogen and oxygen atoms in total. The molecular weight excluding hydrogens is 424 g/mol. The molecule has 0 aliphatic rings. The second kappa shape index (κ2) is 9.87. The van der Waals surface area contributed by atoms with Gasteiger partial charge in [-0.1, -0.05) is 55.8 Å². The van der Waals surface area contributed by atoms with Gasteiger partial charge in [-0.05, 0) is 54.8 Å². The Hall–Kier alpha value is -3.32. The summed E-state index contributed by atoms with van der Waals surface area (Å²) in [5.41, 5.74) is 2.93. The summed E-state index contributed by atoms with van der Waals surface area (Å²) in [6.45, 7) is 5.64. The average molecular weight is 453 g/mol. The predicted octanol–water partition coefficient (Wildman–Crippen LogP) is 4.96. The summed E-state index contributed by atoms with van der Waals surface area (Å²) in [4.78, 5) is 13.0. The number of benzene rings is 3. The molecule has 3 aromatic rings. The number of amides is 1. The number of carbonyl (C=O) groups excluding carboxylic acids is 1. The molecule has 1 N–H and O–H groups in total. The number of carbonyl (C=O) groups is 1. The first-order valence-electron chi connectivity index (χ1n) is 10.3. The molecule has 0 saturated carbocycles. The van der Waals surface area contributed by atoms with E-state index in [4.69, 9.17) is 4.74 Å². The third kappa shape index (κ3) is 5.29. The molecule has 0 aromatic heterocycles. The van der Waals surface area contributed by atoms with Crippen molar-refractivity contribution in [3.63, 3.8) is 0 Å². The van der Waals surface area contributed by atoms with Crippen LogP contribution in [-0.2, 0) is 14.8 Å². The van der Waals surface area contributed by atoms with E-state index in [1.807, 2.05) is 19.1 Å². The fraction of sp³-hybridized carbons (Fsp3) is 0.240. The highest BCUT2D eigenvalue weighted by molar-refractivity contribution is 7.92. The molecule has 0 heterocycles. The zero-order valence-electron chi connectivity index (χ0n) is 18.7. The molecule has 7 heteroatoms. The lowest BCUT2D eigenvalue weighted by Crippen LogP contribution is -2.38. The van der Waals surface area contributed by atoms with Crippen LogP contribution < -0.4 is 14.4 Å². The van der Waals surface area contributed by atoms with Crippen LogP contribution in [0.15, 0.2) is 77.7 Å². The Morgan fingerprint density at radius 1 is 0.969 bits per heavy atom. The zero-order valence-corrected chi connectivity index (χ0v) is 19.5. The Morgan fingerprint density at radius 3 is 2.19 bits per heavy atom. The van der Waals surface area contributed by atoms with Crippen LogP contribution in [0.2, 0.25) is 0 Å². The summed E-state index contributed by atoms with van der Waals surface area (Å²) < 4.78 is 33.4. The Labute approximate surface area is 189 Å². The molecule has 3 rings (SSSR count). The van der Waals surface area contributed by atoms with Gasteiger partial charge in [0.25, 0.3) is 10.0 Å². The summed E-state index contributed by atoms with van der Waals surface area (Å²) in [6.07, 6.45) is 0. The number of aryl methyl sites for hydroxylation is 1. The number of para-hydroxylation sites is 2. The fourth-order valence-electron chi connectivity index (χ4n) is 3.25. The van der Waals surface area contributed by atoms with Crippen molar-refractivity contribution in [2.75, 3.05) is 23.3 Å². The highest BCUT2D eigenvalue weighted by atomic mass is 32.2. The molecule has 168 valence electrons. The average Bonchev–Trinajstić information content (AvgIpc) is 2.78. The van der Waals surface area contributed by atoms with Crippen LogP contribution in [0.25, 0.3) is 0 Å². The van der Waals surface area contributed by atoms with Crippen molar-refractivity contribution >= 4 is 27.3 Å². The molecule has 0 aliphatic carbocycles. The maximum atomic E-state index is 13.5. The Kier molecular flexibility index (Phi) is 7.20. The molecule has 3 aromatic carbocycles. The molecule has 32 heavy (non-hydrogen) atoms. The number of hydrogen-bond acceptors (Lipinski definition) is 4. The normalized spacial score (nSPS) is 11.3. The van der Waals surface area contributed by atoms with E-state index >= 15 is 0 Å². The third-order valence-electron chi connectivity index (χ3n) is 5.12. The van der Waals surface area contributed by atoms with Gasteiger partial charge in [-0.25, -0.2) is 8.42 Å². The SMILES string of the molecule is COc1ccccc1NC(=O)CN(c1ccc(C(C)C)cc1)S(=O)(=O)c1ccc(C)cc1. The molecule has 0 fully saturated rings. The van der Waals surface area contributed by atoms with Gasteiger partial charge in [0.2, 0.25) is 5.91 Å². The van der Waals surface area contributed by atoms with Crippen LogP contribution in [-0.4, -0.2) is 28.0 Å². The quantitative estimate of drug-likeness (QED) is 0.524. The van der Waals surface area contributed by atoms with E-state index in [1.165, 1.54) is 7.11 Å². The van der Waals surface area contributed by atoms with Gasteiger partial charge in [0.15, 0.2) is 0 Å². The van der Waals surface area contributed by atoms with Crippen molar-refractivity contribution in [3.05, 3.63) is 83.9 Å². The molecule has 0 radical (unpaired) electrons. The molecule has 0 atom stereocenters. The molecule has 0 saturated heterocycles. The van der Waals surface area contributed by atoms with Gasteiger partial charge in [-0.2, -0.15) is 0 Å². The Balaban J connectivity index is 1.96. The first-order valence-corrected chi connectivity index (χ1v) is 11.8. The summed E-state index contributed by atoms with van der Waals surface area (Å²) in [5.74, 6) is 0.327. The molecule has 0 aliphatic heterocycles.